The summed E-state index contributed by atoms with van der Waals surface area (Å²) < 4.78 is 31.1. The number of methoxy groups -OCH3 is 2. The Bertz CT molecular complexity index is 479. The molecule has 0 saturated carbocycles. The van der Waals surface area contributed by atoms with E-state index in [-0.39, 0.29) is 6.61 Å². The molecule has 1 aliphatic heterocycles. The third-order valence-electron chi connectivity index (χ3n) is 3.55. The molecule has 1 saturated heterocycles. The number of aliphatic hydroxyl groups is 1. The molecule has 10 heteroatoms. The Hall–Kier alpha value is -1.75. The van der Waals surface area contributed by atoms with E-state index in [0.29, 0.717) is 0 Å². The summed E-state index contributed by atoms with van der Waals surface area (Å²) in [6.45, 7) is 3.37. The molecule has 0 aromatic carbocycles. The molecule has 0 spiro atoms. The Balaban J connectivity index is 3.10. The van der Waals surface area contributed by atoms with Gasteiger partial charge >= 0.3 is 17.9 Å². The predicted octanol–water partition coefficient (Wildman–Crippen LogP) is -0.840. The van der Waals surface area contributed by atoms with Crippen molar-refractivity contribution in [3.8, 4) is 0 Å². The van der Waals surface area contributed by atoms with Gasteiger partial charge in [-0.1, -0.05) is 0 Å². The molecule has 6 atom stereocenters. The van der Waals surface area contributed by atoms with E-state index in [0.717, 1.165) is 6.92 Å². The largest absolute Gasteiger partial charge is 0.463 e. The molecule has 1 N–H and O–H groups in total. The molecule has 0 aromatic heterocycles. The van der Waals surface area contributed by atoms with Gasteiger partial charge in [-0.05, 0) is 0 Å². The minimum atomic E-state index is -1.55. The third-order valence-corrected chi connectivity index (χ3v) is 3.55. The van der Waals surface area contributed by atoms with Gasteiger partial charge in [0.2, 0.25) is 0 Å². The number of carbonyl (C=O) groups is 3. The molecule has 0 aromatic rings. The van der Waals surface area contributed by atoms with Gasteiger partial charge in [0, 0.05) is 35.0 Å². The van der Waals surface area contributed by atoms with Crippen molar-refractivity contribution in [1.82, 2.24) is 0 Å². The van der Waals surface area contributed by atoms with Gasteiger partial charge in [0.1, 0.15) is 24.9 Å². The average Bonchev–Trinajstić information content (AvgIpc) is 2.50. The lowest BCUT2D eigenvalue weighted by Crippen LogP contribution is -2.64. The second-order valence-electron chi connectivity index (χ2n) is 5.42. The number of rotatable bonds is 7. The average molecular weight is 364 g/mol. The third kappa shape index (κ3) is 5.92. The second kappa shape index (κ2) is 9.66. The first-order valence-electron chi connectivity index (χ1n) is 7.58. The minimum Gasteiger partial charge on any atom is -0.463 e. The molecule has 6 unspecified atom stereocenters. The van der Waals surface area contributed by atoms with E-state index in [9.17, 15) is 19.5 Å². The van der Waals surface area contributed by atoms with Crippen LogP contribution < -0.4 is 0 Å². The molecule has 0 amide bonds. The van der Waals surface area contributed by atoms with Gasteiger partial charge in [0.05, 0.1) is 0 Å². The molecule has 1 heterocycles. The van der Waals surface area contributed by atoms with E-state index in [1.54, 1.807) is 0 Å². The van der Waals surface area contributed by atoms with Gasteiger partial charge < -0.3 is 33.5 Å². The van der Waals surface area contributed by atoms with Crippen molar-refractivity contribution in [2.75, 3.05) is 20.8 Å². The van der Waals surface area contributed by atoms with Crippen molar-refractivity contribution in [3.05, 3.63) is 0 Å². The highest BCUT2D eigenvalue weighted by molar-refractivity contribution is 5.67. The Morgan fingerprint density at radius 2 is 1.52 bits per heavy atom. The van der Waals surface area contributed by atoms with Crippen LogP contribution in [-0.4, -0.2) is 80.7 Å². The highest BCUT2D eigenvalue weighted by Gasteiger charge is 2.52. The normalized spacial score (nSPS) is 30.2. The summed E-state index contributed by atoms with van der Waals surface area (Å²) in [5, 5.41) is 10.2. The lowest BCUT2D eigenvalue weighted by Gasteiger charge is -2.44. The maximum absolute atomic E-state index is 11.5. The molecular weight excluding hydrogens is 340 g/mol. The Kier molecular flexibility index (Phi) is 8.23. The summed E-state index contributed by atoms with van der Waals surface area (Å²) >= 11 is 0. The van der Waals surface area contributed by atoms with Crippen LogP contribution in [0, 0.1) is 0 Å². The van der Waals surface area contributed by atoms with Crippen LogP contribution in [0.2, 0.25) is 0 Å². The summed E-state index contributed by atoms with van der Waals surface area (Å²) in [6.07, 6.45) is -6.75. The van der Waals surface area contributed by atoms with E-state index in [1.165, 1.54) is 28.1 Å². The number of hydrogen-bond acceptors (Lipinski definition) is 10. The van der Waals surface area contributed by atoms with Crippen molar-refractivity contribution in [3.63, 3.8) is 0 Å². The van der Waals surface area contributed by atoms with Gasteiger partial charge in [-0.25, -0.2) is 0 Å². The van der Waals surface area contributed by atoms with Gasteiger partial charge in [-0.3, -0.25) is 14.4 Å². The number of esters is 3. The van der Waals surface area contributed by atoms with Crippen LogP contribution in [0.3, 0.4) is 0 Å². The summed E-state index contributed by atoms with van der Waals surface area (Å²) in [4.78, 5) is 33.8. The van der Waals surface area contributed by atoms with Crippen LogP contribution in [0.5, 0.6) is 0 Å². The zero-order chi connectivity index (χ0) is 19.1. The van der Waals surface area contributed by atoms with Gasteiger partial charge in [-0.2, -0.15) is 0 Å². The quantitative estimate of drug-likeness (QED) is 0.451. The van der Waals surface area contributed by atoms with Crippen LogP contribution in [0.15, 0.2) is 0 Å². The molecule has 0 aliphatic carbocycles. The van der Waals surface area contributed by atoms with Crippen LogP contribution >= 0.6 is 0 Å². The molecule has 0 radical (unpaired) electrons. The smallest absolute Gasteiger partial charge is 0.303 e. The highest BCUT2D eigenvalue weighted by Crippen LogP contribution is 2.29. The lowest BCUT2D eigenvalue weighted by molar-refractivity contribution is -0.308. The summed E-state index contributed by atoms with van der Waals surface area (Å²) in [7, 11) is 2.65. The second-order valence-corrected chi connectivity index (χ2v) is 5.42. The topological polar surface area (TPSA) is 127 Å². The van der Waals surface area contributed by atoms with Gasteiger partial charge in [0.25, 0.3) is 0 Å². The van der Waals surface area contributed by atoms with E-state index in [2.05, 4.69) is 0 Å². The van der Waals surface area contributed by atoms with Crippen LogP contribution in [0.25, 0.3) is 0 Å². The summed E-state index contributed by atoms with van der Waals surface area (Å²) in [5.74, 6) is -1.84. The fourth-order valence-electron chi connectivity index (χ4n) is 2.56. The molecule has 0 bridgehead atoms. The molecular formula is C15H24O10. The molecule has 1 fully saturated rings. The predicted molar refractivity (Wildman–Crippen MR) is 80.2 cm³/mol. The standard InChI is InChI=1S/C15H24O10/c1-7(16)22-6-10(20-4)11-13(23-8(2)17)12(21-5)14(15(19)25-11)24-9(3)18/h10-15,19H,6H2,1-5H3. The van der Waals surface area contributed by atoms with Crippen molar-refractivity contribution >= 4 is 17.9 Å². The number of hydrogen-bond donors (Lipinski definition) is 1. The first-order chi connectivity index (χ1) is 11.7. The summed E-state index contributed by atoms with van der Waals surface area (Å²) in [6, 6.07) is 0. The van der Waals surface area contributed by atoms with Gasteiger partial charge in [0.15, 0.2) is 18.5 Å². The fourth-order valence-corrected chi connectivity index (χ4v) is 2.56. The maximum Gasteiger partial charge on any atom is 0.303 e. The molecule has 25 heavy (non-hydrogen) atoms. The van der Waals surface area contributed by atoms with Crippen LogP contribution in [0.4, 0.5) is 0 Å². The van der Waals surface area contributed by atoms with E-state index >= 15 is 0 Å². The molecule has 10 nitrogen and oxygen atoms in total. The SMILES string of the molecule is COC(COC(C)=O)C1OC(O)C(OC(C)=O)C(OC)C1OC(C)=O. The maximum atomic E-state index is 11.5. The number of ether oxygens (including phenoxy) is 6. The van der Waals surface area contributed by atoms with Crippen molar-refractivity contribution in [2.45, 2.75) is 57.6 Å². The number of carbonyl (C=O) groups excluding carboxylic acids is 3. The van der Waals surface area contributed by atoms with E-state index in [1.807, 2.05) is 0 Å². The minimum absolute atomic E-state index is 0.199. The zero-order valence-electron chi connectivity index (χ0n) is 14.8. The van der Waals surface area contributed by atoms with Gasteiger partial charge in [-0.15, -0.1) is 0 Å². The molecule has 1 aliphatic rings. The lowest BCUT2D eigenvalue weighted by atomic mass is 9.94. The highest BCUT2D eigenvalue weighted by atomic mass is 16.7. The Morgan fingerprint density at radius 3 is 1.96 bits per heavy atom. The zero-order valence-corrected chi connectivity index (χ0v) is 14.8. The number of aliphatic hydroxyl groups excluding tert-OH is 1. The van der Waals surface area contributed by atoms with Crippen molar-refractivity contribution in [1.29, 1.82) is 0 Å². The van der Waals surface area contributed by atoms with Crippen molar-refractivity contribution < 1.29 is 47.9 Å². The molecule has 144 valence electrons. The van der Waals surface area contributed by atoms with E-state index < -0.39 is 54.7 Å². The summed E-state index contributed by atoms with van der Waals surface area (Å²) in [5.41, 5.74) is 0. The van der Waals surface area contributed by atoms with E-state index in [4.69, 9.17) is 28.4 Å². The monoisotopic (exact) mass is 364 g/mol. The van der Waals surface area contributed by atoms with Crippen LogP contribution in [0.1, 0.15) is 20.8 Å². The van der Waals surface area contributed by atoms with Crippen molar-refractivity contribution in [2.24, 2.45) is 0 Å². The fraction of sp³-hybridized carbons (Fsp3) is 0.800. The molecule has 1 rings (SSSR count). The Morgan fingerprint density at radius 1 is 0.960 bits per heavy atom. The Labute approximate surface area is 145 Å². The first-order valence-corrected chi connectivity index (χ1v) is 7.58. The van der Waals surface area contributed by atoms with Crippen LogP contribution in [-0.2, 0) is 42.8 Å². The first kappa shape index (κ1) is 21.3.